The van der Waals surface area contributed by atoms with Crippen LogP contribution in [0.5, 0.6) is 0 Å². The van der Waals surface area contributed by atoms with Crippen molar-refractivity contribution in [1.29, 1.82) is 5.41 Å². The van der Waals surface area contributed by atoms with E-state index in [1.165, 1.54) is 12.3 Å². The van der Waals surface area contributed by atoms with Gasteiger partial charge in [0.25, 0.3) is 5.91 Å². The number of carbonyl (C=O) groups is 1. The van der Waals surface area contributed by atoms with E-state index >= 15 is 0 Å². The van der Waals surface area contributed by atoms with Gasteiger partial charge in [0.1, 0.15) is 17.3 Å². The number of primary amides is 1. The van der Waals surface area contributed by atoms with Gasteiger partial charge in [0.05, 0.1) is 12.2 Å². The number of nitrogens with one attached hydrogen (secondary N) is 3. The molecule has 1 aliphatic carbocycles. The van der Waals surface area contributed by atoms with Gasteiger partial charge in [-0.05, 0) is 49.1 Å². The maximum atomic E-state index is 14.5. The fraction of sp³-hybridized carbons (Fsp3) is 0.593. The van der Waals surface area contributed by atoms with Crippen LogP contribution >= 0.6 is 0 Å². The van der Waals surface area contributed by atoms with Crippen LogP contribution in [0.1, 0.15) is 71.7 Å². The summed E-state index contributed by atoms with van der Waals surface area (Å²) in [4.78, 5) is 16.4. The third-order valence-electron chi connectivity index (χ3n) is 6.63. The number of amides is 1. The van der Waals surface area contributed by atoms with E-state index in [4.69, 9.17) is 15.9 Å². The fourth-order valence-electron chi connectivity index (χ4n) is 4.21. The number of anilines is 2. The average Bonchev–Trinajstić information content (AvgIpc) is 3.29. The highest BCUT2D eigenvalue weighted by Crippen LogP contribution is 2.60. The van der Waals surface area contributed by atoms with Crippen molar-refractivity contribution in [3.8, 4) is 0 Å². The summed E-state index contributed by atoms with van der Waals surface area (Å²) in [5.74, 6) is 1.14. The molecule has 1 saturated carbocycles. The first-order valence-corrected chi connectivity index (χ1v) is 12.2. The molecule has 2 rings (SSSR count). The lowest BCUT2D eigenvalue weighted by Crippen LogP contribution is -2.24. The van der Waals surface area contributed by atoms with E-state index in [2.05, 4.69) is 50.2 Å². The van der Waals surface area contributed by atoms with E-state index in [9.17, 15) is 9.18 Å². The molecule has 8 heteroatoms. The minimum Gasteiger partial charge on any atom is -0.477 e. The Labute approximate surface area is 209 Å². The molecular weight excluding hydrogens is 445 g/mol. The van der Waals surface area contributed by atoms with Gasteiger partial charge in [-0.1, -0.05) is 53.7 Å². The van der Waals surface area contributed by atoms with Crippen LogP contribution in [0, 0.1) is 28.1 Å². The molecule has 2 unspecified atom stereocenters. The van der Waals surface area contributed by atoms with Crippen molar-refractivity contribution in [3.05, 3.63) is 42.1 Å². The number of hydrogen-bond acceptors (Lipinski definition) is 6. The number of ether oxygens (including phenoxy) is 1. The van der Waals surface area contributed by atoms with Crippen LogP contribution in [0.25, 0.3) is 0 Å². The van der Waals surface area contributed by atoms with Crippen molar-refractivity contribution >= 4 is 23.4 Å². The largest absolute Gasteiger partial charge is 0.477 e. The molecule has 1 aliphatic rings. The molecule has 0 saturated heterocycles. The Hall–Kier alpha value is -2.90. The van der Waals surface area contributed by atoms with Gasteiger partial charge < -0.3 is 21.1 Å². The molecule has 7 nitrogen and oxygen atoms in total. The molecule has 0 spiro atoms. The summed E-state index contributed by atoms with van der Waals surface area (Å²) in [6.07, 6.45) is 7.69. The number of hydrogen-bond donors (Lipinski definition) is 4. The predicted molar refractivity (Wildman–Crippen MR) is 141 cm³/mol. The van der Waals surface area contributed by atoms with E-state index in [0.717, 1.165) is 6.42 Å². The van der Waals surface area contributed by atoms with Crippen LogP contribution in [0.3, 0.4) is 0 Å². The highest BCUT2D eigenvalue weighted by molar-refractivity contribution is 5.97. The number of rotatable bonds is 12. The smallest absolute Gasteiger partial charge is 0.252 e. The van der Waals surface area contributed by atoms with E-state index in [1.807, 2.05) is 6.92 Å². The number of aromatic nitrogens is 1. The lowest BCUT2D eigenvalue weighted by molar-refractivity contribution is 0.100. The zero-order valence-electron chi connectivity index (χ0n) is 22.2. The summed E-state index contributed by atoms with van der Waals surface area (Å²) < 4.78 is 19.9. The summed E-state index contributed by atoms with van der Waals surface area (Å²) in [5, 5.41) is 14.2. The number of nitrogens with zero attached hydrogens (tertiary/aromatic N) is 1. The summed E-state index contributed by atoms with van der Waals surface area (Å²) >= 11 is 0. The second-order valence-corrected chi connectivity index (χ2v) is 11.3. The van der Waals surface area contributed by atoms with E-state index in [0.29, 0.717) is 42.0 Å². The lowest BCUT2D eigenvalue weighted by Gasteiger charge is -2.28. The van der Waals surface area contributed by atoms with Crippen molar-refractivity contribution in [2.45, 2.75) is 67.0 Å². The summed E-state index contributed by atoms with van der Waals surface area (Å²) in [5.41, 5.74) is 4.13. The molecule has 1 heterocycles. The topological polar surface area (TPSA) is 113 Å². The van der Waals surface area contributed by atoms with E-state index < -0.39 is 17.0 Å². The number of alkyl halides is 1. The molecule has 5 N–H and O–H groups in total. The van der Waals surface area contributed by atoms with Crippen LogP contribution in [0.4, 0.5) is 16.0 Å². The Morgan fingerprint density at radius 3 is 2.63 bits per heavy atom. The second kappa shape index (κ2) is 11.2. The standard InChI is InChI=1S/C27H42FN5O2/c1-8-12-27(28)16-26(27,7)17-35-21(29)11-13-31-22-10-9-20(23(30)34)24(33-22)32-15-19(3)18(2)14-25(4,5)6/h8-13,18-19,29H,14-17H2,1-7H3,(H2,30,34)(H2,31,32,33)/b12-8+,13-11-,29-21?/t18-,19+,26?,27?/m0/s1. The van der Waals surface area contributed by atoms with Crippen molar-refractivity contribution < 1.29 is 13.9 Å². The minimum atomic E-state index is -1.36. The fourth-order valence-corrected chi connectivity index (χ4v) is 4.21. The van der Waals surface area contributed by atoms with Gasteiger partial charge in [0, 0.05) is 24.2 Å². The van der Waals surface area contributed by atoms with Gasteiger partial charge in [-0.25, -0.2) is 9.37 Å². The number of pyridine rings is 1. The van der Waals surface area contributed by atoms with Crippen LogP contribution in [-0.4, -0.2) is 35.6 Å². The highest BCUT2D eigenvalue weighted by atomic mass is 19.1. The van der Waals surface area contributed by atoms with Crippen LogP contribution in [0.2, 0.25) is 0 Å². The molecule has 0 bridgehead atoms. The number of halogens is 1. The van der Waals surface area contributed by atoms with Gasteiger partial charge in [0.2, 0.25) is 5.90 Å². The van der Waals surface area contributed by atoms with Gasteiger partial charge in [0.15, 0.2) is 0 Å². The van der Waals surface area contributed by atoms with Crippen molar-refractivity contribution in [2.75, 3.05) is 23.8 Å². The Morgan fingerprint density at radius 1 is 1.34 bits per heavy atom. The van der Waals surface area contributed by atoms with Crippen LogP contribution < -0.4 is 16.4 Å². The first kappa shape index (κ1) is 28.3. The molecule has 0 aromatic carbocycles. The Balaban J connectivity index is 1.94. The molecule has 35 heavy (non-hydrogen) atoms. The molecule has 1 aromatic rings. The van der Waals surface area contributed by atoms with E-state index in [1.54, 1.807) is 31.2 Å². The van der Waals surface area contributed by atoms with E-state index in [-0.39, 0.29) is 17.9 Å². The highest BCUT2D eigenvalue weighted by Gasteiger charge is 2.64. The zero-order chi connectivity index (χ0) is 26.4. The first-order chi connectivity index (χ1) is 16.2. The maximum absolute atomic E-state index is 14.5. The van der Waals surface area contributed by atoms with Crippen LogP contribution in [0.15, 0.2) is 36.6 Å². The first-order valence-electron chi connectivity index (χ1n) is 12.2. The molecule has 4 atom stereocenters. The summed E-state index contributed by atoms with van der Waals surface area (Å²) in [6, 6.07) is 3.26. The van der Waals surface area contributed by atoms with Gasteiger partial charge in [-0.3, -0.25) is 10.2 Å². The van der Waals surface area contributed by atoms with Crippen molar-refractivity contribution in [2.24, 2.45) is 28.4 Å². The second-order valence-electron chi connectivity index (χ2n) is 11.3. The quantitative estimate of drug-likeness (QED) is 0.166. The van der Waals surface area contributed by atoms with Gasteiger partial charge >= 0.3 is 0 Å². The van der Waals surface area contributed by atoms with Crippen molar-refractivity contribution in [3.63, 3.8) is 0 Å². The monoisotopic (exact) mass is 487 g/mol. The SMILES string of the molecule is C/C=C/C1(F)CC1(C)COC(=N)/C=C\Nc1ccc(C(N)=O)c(NC[C@@H](C)[C@@H](C)CC(C)(C)C)n1. The normalized spacial score (nSPS) is 23.8. The Bertz CT molecular complexity index is 971. The predicted octanol–water partition coefficient (Wildman–Crippen LogP) is 5.91. The Morgan fingerprint density at radius 2 is 2.03 bits per heavy atom. The minimum absolute atomic E-state index is 0.0813. The third-order valence-corrected chi connectivity index (χ3v) is 6.63. The maximum Gasteiger partial charge on any atom is 0.252 e. The van der Waals surface area contributed by atoms with Gasteiger partial charge in [-0.2, -0.15) is 0 Å². The van der Waals surface area contributed by atoms with Crippen LogP contribution in [-0.2, 0) is 4.74 Å². The van der Waals surface area contributed by atoms with Crippen molar-refractivity contribution in [1.82, 2.24) is 4.98 Å². The number of nitrogens with two attached hydrogens (primary N) is 1. The van der Waals surface area contributed by atoms with Gasteiger partial charge in [-0.15, -0.1) is 0 Å². The molecular formula is C27H42FN5O2. The molecule has 0 aliphatic heterocycles. The average molecular weight is 488 g/mol. The number of carbonyl (C=O) groups excluding carboxylic acids is 1. The lowest BCUT2D eigenvalue weighted by atomic mass is 9.80. The molecule has 1 fully saturated rings. The summed E-state index contributed by atoms with van der Waals surface area (Å²) in [7, 11) is 0. The molecule has 194 valence electrons. The number of allylic oxidation sites excluding steroid dienone is 2. The summed E-state index contributed by atoms with van der Waals surface area (Å²) in [6.45, 7) is 15.5. The molecule has 1 aromatic heterocycles. The zero-order valence-corrected chi connectivity index (χ0v) is 22.2. The third kappa shape index (κ3) is 8.08. The Kier molecular flexibility index (Phi) is 9.09. The molecule has 1 amide bonds. The molecule has 0 radical (unpaired) electrons.